The molecule has 2 unspecified atom stereocenters. The molecule has 0 spiro atoms. The van der Waals surface area contributed by atoms with E-state index in [4.69, 9.17) is 9.47 Å². The van der Waals surface area contributed by atoms with Gasteiger partial charge in [-0.05, 0) is 44.3 Å². The SMILES string of the molecule is CCC(C)Oc1ccc(B(O)O)cc1OC(C)CC. The summed E-state index contributed by atoms with van der Waals surface area (Å²) < 4.78 is 11.6. The average Bonchev–Trinajstić information content (AvgIpc) is 2.39. The van der Waals surface area contributed by atoms with Crippen molar-refractivity contribution in [1.29, 1.82) is 0 Å². The minimum atomic E-state index is -1.50. The van der Waals surface area contributed by atoms with Gasteiger partial charge in [-0.25, -0.2) is 0 Å². The Labute approximate surface area is 115 Å². The van der Waals surface area contributed by atoms with Crippen molar-refractivity contribution in [2.75, 3.05) is 0 Å². The summed E-state index contributed by atoms with van der Waals surface area (Å²) in [5, 5.41) is 18.4. The van der Waals surface area contributed by atoms with Crippen molar-refractivity contribution in [2.24, 2.45) is 0 Å². The fourth-order valence-corrected chi connectivity index (χ4v) is 1.47. The van der Waals surface area contributed by atoms with Crippen molar-refractivity contribution >= 4 is 12.6 Å². The average molecular weight is 266 g/mol. The van der Waals surface area contributed by atoms with Crippen LogP contribution >= 0.6 is 0 Å². The van der Waals surface area contributed by atoms with Gasteiger partial charge in [0.25, 0.3) is 0 Å². The molecular formula is C14H23BO4. The van der Waals surface area contributed by atoms with E-state index >= 15 is 0 Å². The third-order valence-electron chi connectivity index (χ3n) is 3.07. The quantitative estimate of drug-likeness (QED) is 0.738. The van der Waals surface area contributed by atoms with E-state index in [0.717, 1.165) is 12.8 Å². The summed E-state index contributed by atoms with van der Waals surface area (Å²) >= 11 is 0. The van der Waals surface area contributed by atoms with Crippen molar-refractivity contribution in [3.63, 3.8) is 0 Å². The van der Waals surface area contributed by atoms with E-state index in [-0.39, 0.29) is 12.2 Å². The first-order chi connectivity index (χ1) is 8.97. The number of benzene rings is 1. The third-order valence-corrected chi connectivity index (χ3v) is 3.07. The molecule has 0 saturated carbocycles. The molecule has 0 saturated heterocycles. The van der Waals surface area contributed by atoms with E-state index in [1.54, 1.807) is 18.2 Å². The van der Waals surface area contributed by atoms with Gasteiger partial charge in [0.1, 0.15) is 0 Å². The highest BCUT2D eigenvalue weighted by Gasteiger charge is 2.17. The van der Waals surface area contributed by atoms with Crippen LogP contribution in [0.15, 0.2) is 18.2 Å². The zero-order valence-corrected chi connectivity index (χ0v) is 12.1. The van der Waals surface area contributed by atoms with Crippen LogP contribution in [0.5, 0.6) is 11.5 Å². The first-order valence-electron chi connectivity index (χ1n) is 6.81. The van der Waals surface area contributed by atoms with E-state index in [2.05, 4.69) is 0 Å². The lowest BCUT2D eigenvalue weighted by Gasteiger charge is -2.20. The second-order valence-electron chi connectivity index (χ2n) is 4.75. The third kappa shape index (κ3) is 4.76. The Bertz CT molecular complexity index is 395. The van der Waals surface area contributed by atoms with Crippen LogP contribution in [-0.2, 0) is 0 Å². The summed E-state index contributed by atoms with van der Waals surface area (Å²) in [6.45, 7) is 8.03. The molecule has 0 aliphatic heterocycles. The summed E-state index contributed by atoms with van der Waals surface area (Å²) in [7, 11) is -1.50. The Kier molecular flexibility index (Phi) is 6.18. The van der Waals surface area contributed by atoms with E-state index in [1.165, 1.54) is 0 Å². The van der Waals surface area contributed by atoms with Gasteiger partial charge in [-0.2, -0.15) is 0 Å². The maximum Gasteiger partial charge on any atom is 0.488 e. The predicted molar refractivity (Wildman–Crippen MR) is 77.0 cm³/mol. The van der Waals surface area contributed by atoms with Crippen molar-refractivity contribution in [3.05, 3.63) is 18.2 Å². The Hall–Kier alpha value is -1.20. The Balaban J connectivity index is 3.00. The lowest BCUT2D eigenvalue weighted by atomic mass is 9.80. The highest BCUT2D eigenvalue weighted by molar-refractivity contribution is 6.58. The lowest BCUT2D eigenvalue weighted by Crippen LogP contribution is -2.30. The van der Waals surface area contributed by atoms with Crippen LogP contribution in [0.3, 0.4) is 0 Å². The Morgan fingerprint density at radius 2 is 1.53 bits per heavy atom. The maximum absolute atomic E-state index is 9.22. The van der Waals surface area contributed by atoms with Crippen molar-refractivity contribution < 1.29 is 19.5 Å². The number of hydrogen-bond acceptors (Lipinski definition) is 4. The van der Waals surface area contributed by atoms with Gasteiger partial charge in [-0.15, -0.1) is 0 Å². The first kappa shape index (κ1) is 15.9. The zero-order chi connectivity index (χ0) is 14.4. The Morgan fingerprint density at radius 1 is 1.00 bits per heavy atom. The molecule has 0 amide bonds. The summed E-state index contributed by atoms with van der Waals surface area (Å²) in [6, 6.07) is 4.97. The molecule has 106 valence electrons. The largest absolute Gasteiger partial charge is 0.488 e. The molecule has 0 fully saturated rings. The monoisotopic (exact) mass is 266 g/mol. The van der Waals surface area contributed by atoms with Crippen LogP contribution in [0.25, 0.3) is 0 Å². The van der Waals surface area contributed by atoms with E-state index in [0.29, 0.717) is 17.0 Å². The number of hydrogen-bond donors (Lipinski definition) is 2. The van der Waals surface area contributed by atoms with Crippen molar-refractivity contribution in [3.8, 4) is 11.5 Å². The molecule has 2 atom stereocenters. The minimum Gasteiger partial charge on any atom is -0.487 e. The smallest absolute Gasteiger partial charge is 0.487 e. The highest BCUT2D eigenvalue weighted by Crippen LogP contribution is 2.28. The molecule has 2 N–H and O–H groups in total. The molecular weight excluding hydrogens is 243 g/mol. The van der Waals surface area contributed by atoms with Gasteiger partial charge in [0.05, 0.1) is 12.2 Å². The number of ether oxygens (including phenoxy) is 2. The second-order valence-corrected chi connectivity index (χ2v) is 4.75. The van der Waals surface area contributed by atoms with Crippen LogP contribution < -0.4 is 14.9 Å². The number of rotatable bonds is 7. The van der Waals surface area contributed by atoms with Gasteiger partial charge < -0.3 is 19.5 Å². The fraction of sp³-hybridized carbons (Fsp3) is 0.571. The molecule has 4 nitrogen and oxygen atoms in total. The topological polar surface area (TPSA) is 58.9 Å². The molecule has 0 radical (unpaired) electrons. The van der Waals surface area contributed by atoms with Crippen LogP contribution in [0.4, 0.5) is 0 Å². The summed E-state index contributed by atoms with van der Waals surface area (Å²) in [4.78, 5) is 0. The predicted octanol–water partition coefficient (Wildman–Crippen LogP) is 1.72. The fourth-order valence-electron chi connectivity index (χ4n) is 1.47. The molecule has 1 aromatic carbocycles. The van der Waals surface area contributed by atoms with Crippen LogP contribution in [0, 0.1) is 0 Å². The molecule has 0 aromatic heterocycles. The first-order valence-corrected chi connectivity index (χ1v) is 6.81. The summed E-state index contributed by atoms with van der Waals surface area (Å²) in [5.41, 5.74) is 0.398. The highest BCUT2D eigenvalue weighted by atomic mass is 16.5. The standard InChI is InChI=1S/C14H23BO4/c1-5-10(3)18-13-8-7-12(15(16)17)9-14(13)19-11(4)6-2/h7-11,16-17H,5-6H2,1-4H3. The molecule has 0 heterocycles. The minimum absolute atomic E-state index is 0.0466. The van der Waals surface area contributed by atoms with Gasteiger partial charge in [0.2, 0.25) is 0 Å². The van der Waals surface area contributed by atoms with Gasteiger partial charge in [-0.3, -0.25) is 0 Å². The molecule has 5 heteroatoms. The van der Waals surface area contributed by atoms with Gasteiger partial charge >= 0.3 is 7.12 Å². The molecule has 0 aliphatic rings. The summed E-state index contributed by atoms with van der Waals surface area (Å²) in [5.74, 6) is 1.19. The normalized spacial score (nSPS) is 13.8. The second kappa shape index (κ2) is 7.41. The van der Waals surface area contributed by atoms with E-state index in [9.17, 15) is 10.0 Å². The van der Waals surface area contributed by atoms with Gasteiger partial charge in [0.15, 0.2) is 11.5 Å². The van der Waals surface area contributed by atoms with Crippen LogP contribution in [-0.4, -0.2) is 29.4 Å². The van der Waals surface area contributed by atoms with E-state index in [1.807, 2.05) is 27.7 Å². The summed E-state index contributed by atoms with van der Waals surface area (Å²) in [6.07, 6.45) is 1.90. The molecule has 0 bridgehead atoms. The van der Waals surface area contributed by atoms with E-state index < -0.39 is 7.12 Å². The molecule has 1 rings (SSSR count). The van der Waals surface area contributed by atoms with Crippen molar-refractivity contribution in [1.82, 2.24) is 0 Å². The Morgan fingerprint density at radius 3 is 2.00 bits per heavy atom. The molecule has 1 aromatic rings. The maximum atomic E-state index is 9.22. The van der Waals surface area contributed by atoms with Crippen LogP contribution in [0.2, 0.25) is 0 Å². The molecule has 19 heavy (non-hydrogen) atoms. The van der Waals surface area contributed by atoms with Crippen LogP contribution in [0.1, 0.15) is 40.5 Å². The zero-order valence-electron chi connectivity index (χ0n) is 12.1. The lowest BCUT2D eigenvalue weighted by molar-refractivity contribution is 0.177. The molecule has 0 aliphatic carbocycles. The van der Waals surface area contributed by atoms with Gasteiger partial charge in [-0.1, -0.05) is 19.9 Å². The van der Waals surface area contributed by atoms with Gasteiger partial charge in [0, 0.05) is 0 Å². The van der Waals surface area contributed by atoms with Crippen molar-refractivity contribution in [2.45, 2.75) is 52.7 Å².